The number of alkyl halides is 1. The van der Waals surface area contributed by atoms with Gasteiger partial charge in [0.05, 0.1) is 0 Å². The minimum Gasteiger partial charge on any atom is -0.480 e. The highest BCUT2D eigenvalue weighted by atomic mass is 35.5. The molecule has 0 aromatic rings. The van der Waals surface area contributed by atoms with E-state index in [4.69, 9.17) is 5.11 Å². The van der Waals surface area contributed by atoms with E-state index >= 15 is 0 Å². The van der Waals surface area contributed by atoms with Gasteiger partial charge in [0.25, 0.3) is 0 Å². The van der Waals surface area contributed by atoms with Gasteiger partial charge in [0.2, 0.25) is 0 Å². The van der Waals surface area contributed by atoms with Crippen LogP contribution in [0.3, 0.4) is 0 Å². The molecule has 0 aromatic carbocycles. The molecule has 2 atom stereocenters. The van der Waals surface area contributed by atoms with Gasteiger partial charge in [-0.2, -0.15) is 0 Å². The van der Waals surface area contributed by atoms with Gasteiger partial charge in [-0.1, -0.05) is 0 Å². The molecule has 66 valence electrons. The number of carbonyl (C=O) groups is 1. The number of piperidine rings is 1. The van der Waals surface area contributed by atoms with Crippen LogP contribution in [0.15, 0.2) is 0 Å². The van der Waals surface area contributed by atoms with Crippen LogP contribution in [-0.2, 0) is 4.79 Å². The molecule has 0 amide bonds. The smallest absolute Gasteiger partial charge is 0.320 e. The standard InChI is InChI=1S/C6H10FNO2.ClH/c7-4-1-2-5(6(9)10)8-3-4;/h4-5,8H,1-3H2,(H,9,10);1H/t4-,5+;/m0./s1. The molecule has 0 spiro atoms. The van der Waals surface area contributed by atoms with E-state index in [1.165, 1.54) is 0 Å². The molecule has 0 aromatic heterocycles. The Balaban J connectivity index is 0.000001000. The average molecular weight is 184 g/mol. The number of hydrogen-bond acceptors (Lipinski definition) is 2. The lowest BCUT2D eigenvalue weighted by Gasteiger charge is -2.22. The molecule has 3 nitrogen and oxygen atoms in total. The largest absolute Gasteiger partial charge is 0.480 e. The summed E-state index contributed by atoms with van der Waals surface area (Å²) in [6.07, 6.45) is -0.101. The van der Waals surface area contributed by atoms with Gasteiger partial charge in [-0.05, 0) is 12.8 Å². The lowest BCUT2D eigenvalue weighted by molar-refractivity contribution is -0.140. The zero-order valence-corrected chi connectivity index (χ0v) is 6.73. The molecule has 0 aliphatic carbocycles. The van der Waals surface area contributed by atoms with Gasteiger partial charge < -0.3 is 10.4 Å². The Hall–Kier alpha value is -0.350. The predicted octanol–water partition coefficient (Wildman–Crippen LogP) is 0.583. The molecule has 1 saturated heterocycles. The summed E-state index contributed by atoms with van der Waals surface area (Å²) in [5.74, 6) is -0.883. The number of carboxylic acids is 1. The van der Waals surface area contributed by atoms with E-state index in [0.717, 1.165) is 0 Å². The molecule has 5 heteroatoms. The molecular formula is C6H11ClFNO2. The van der Waals surface area contributed by atoms with Gasteiger partial charge in [0.1, 0.15) is 12.2 Å². The maximum absolute atomic E-state index is 12.4. The summed E-state index contributed by atoms with van der Waals surface area (Å²) in [6.45, 7) is 0.178. The number of rotatable bonds is 1. The topological polar surface area (TPSA) is 49.3 Å². The number of hydrogen-bond donors (Lipinski definition) is 2. The molecule has 2 N–H and O–H groups in total. The summed E-state index contributed by atoms with van der Waals surface area (Å²) in [4.78, 5) is 10.3. The van der Waals surface area contributed by atoms with Crippen molar-refractivity contribution >= 4 is 18.4 Å². The fourth-order valence-corrected chi connectivity index (χ4v) is 1.03. The first-order valence-electron chi connectivity index (χ1n) is 3.30. The maximum Gasteiger partial charge on any atom is 0.320 e. The molecule has 1 rings (SSSR count). The van der Waals surface area contributed by atoms with E-state index in [1.54, 1.807) is 0 Å². The van der Waals surface area contributed by atoms with E-state index in [0.29, 0.717) is 12.8 Å². The van der Waals surface area contributed by atoms with Crippen LogP contribution >= 0.6 is 12.4 Å². The molecule has 0 saturated carbocycles. The van der Waals surface area contributed by atoms with Crippen LogP contribution < -0.4 is 5.32 Å². The van der Waals surface area contributed by atoms with Crippen molar-refractivity contribution in [3.05, 3.63) is 0 Å². The van der Waals surface area contributed by atoms with E-state index < -0.39 is 18.2 Å². The molecule has 0 bridgehead atoms. The van der Waals surface area contributed by atoms with Gasteiger partial charge >= 0.3 is 5.97 Å². The zero-order chi connectivity index (χ0) is 7.56. The number of halogens is 2. The first-order chi connectivity index (χ1) is 4.70. The molecule has 11 heavy (non-hydrogen) atoms. The van der Waals surface area contributed by atoms with E-state index in [2.05, 4.69) is 5.32 Å². The highest BCUT2D eigenvalue weighted by molar-refractivity contribution is 5.85. The third kappa shape index (κ3) is 3.03. The summed E-state index contributed by atoms with van der Waals surface area (Å²) < 4.78 is 12.4. The molecule has 1 heterocycles. The second kappa shape index (κ2) is 4.51. The van der Waals surface area contributed by atoms with Gasteiger partial charge in [0, 0.05) is 6.54 Å². The summed E-state index contributed by atoms with van der Waals surface area (Å²) >= 11 is 0. The highest BCUT2D eigenvalue weighted by Crippen LogP contribution is 2.10. The van der Waals surface area contributed by atoms with Crippen LogP contribution in [0.2, 0.25) is 0 Å². The Labute approximate surface area is 70.4 Å². The maximum atomic E-state index is 12.4. The first-order valence-corrected chi connectivity index (χ1v) is 3.30. The Morgan fingerprint density at radius 3 is 2.55 bits per heavy atom. The van der Waals surface area contributed by atoms with Crippen LogP contribution in [0, 0.1) is 0 Å². The third-order valence-corrected chi connectivity index (χ3v) is 1.65. The minimum atomic E-state index is -0.883. The fourth-order valence-electron chi connectivity index (χ4n) is 1.03. The summed E-state index contributed by atoms with van der Waals surface area (Å²) in [5.41, 5.74) is 0. The quantitative estimate of drug-likeness (QED) is 0.626. The van der Waals surface area contributed by atoms with Gasteiger partial charge in [-0.15, -0.1) is 12.4 Å². The van der Waals surface area contributed by atoms with Crippen LogP contribution in [0.1, 0.15) is 12.8 Å². The van der Waals surface area contributed by atoms with Crippen molar-refractivity contribution in [2.24, 2.45) is 0 Å². The Morgan fingerprint density at radius 2 is 2.18 bits per heavy atom. The van der Waals surface area contributed by atoms with E-state index in [1.807, 2.05) is 0 Å². The average Bonchev–Trinajstić information content (AvgIpc) is 1.88. The first kappa shape index (κ1) is 10.7. The van der Waals surface area contributed by atoms with Crippen molar-refractivity contribution in [3.8, 4) is 0 Å². The second-order valence-corrected chi connectivity index (χ2v) is 2.47. The van der Waals surface area contributed by atoms with Crippen LogP contribution in [0.25, 0.3) is 0 Å². The van der Waals surface area contributed by atoms with Crippen molar-refractivity contribution in [1.29, 1.82) is 0 Å². The van der Waals surface area contributed by atoms with Gasteiger partial charge in [0.15, 0.2) is 0 Å². The summed E-state index contributed by atoms with van der Waals surface area (Å²) in [7, 11) is 0. The van der Waals surface area contributed by atoms with E-state index in [9.17, 15) is 9.18 Å². The Bertz CT molecular complexity index is 137. The number of nitrogens with one attached hydrogen (secondary N) is 1. The SMILES string of the molecule is Cl.O=C(O)[C@H]1CC[C@H](F)CN1. The van der Waals surface area contributed by atoms with E-state index in [-0.39, 0.29) is 19.0 Å². The van der Waals surface area contributed by atoms with Crippen molar-refractivity contribution in [2.45, 2.75) is 25.1 Å². The second-order valence-electron chi connectivity index (χ2n) is 2.47. The lowest BCUT2D eigenvalue weighted by Crippen LogP contribution is -2.44. The van der Waals surface area contributed by atoms with Crippen molar-refractivity contribution in [1.82, 2.24) is 5.32 Å². The number of carboxylic acid groups (broad SMARTS) is 1. The van der Waals surface area contributed by atoms with Gasteiger partial charge in [-0.25, -0.2) is 4.39 Å². The fraction of sp³-hybridized carbons (Fsp3) is 0.833. The Morgan fingerprint density at radius 1 is 1.55 bits per heavy atom. The summed E-state index contributed by atoms with van der Waals surface area (Å²) in [6, 6.07) is -0.535. The van der Waals surface area contributed by atoms with Crippen molar-refractivity contribution in [3.63, 3.8) is 0 Å². The molecule has 0 radical (unpaired) electrons. The zero-order valence-electron chi connectivity index (χ0n) is 5.92. The molecule has 1 aliphatic rings. The van der Waals surface area contributed by atoms with Crippen molar-refractivity contribution < 1.29 is 14.3 Å². The molecule has 1 fully saturated rings. The minimum absolute atomic E-state index is 0. The van der Waals surface area contributed by atoms with Crippen LogP contribution in [0.4, 0.5) is 4.39 Å². The predicted molar refractivity (Wildman–Crippen MR) is 40.8 cm³/mol. The normalized spacial score (nSPS) is 30.6. The lowest BCUT2D eigenvalue weighted by atomic mass is 10.0. The van der Waals surface area contributed by atoms with Crippen LogP contribution in [-0.4, -0.2) is 29.8 Å². The summed E-state index contributed by atoms with van der Waals surface area (Å²) in [5, 5.41) is 11.0. The number of aliphatic carboxylic acids is 1. The highest BCUT2D eigenvalue weighted by Gasteiger charge is 2.24. The monoisotopic (exact) mass is 183 g/mol. The molecule has 0 unspecified atom stereocenters. The Kier molecular flexibility index (Phi) is 4.37. The molecular weight excluding hydrogens is 173 g/mol. The molecule has 1 aliphatic heterocycles. The van der Waals surface area contributed by atoms with Crippen molar-refractivity contribution in [2.75, 3.05) is 6.54 Å². The third-order valence-electron chi connectivity index (χ3n) is 1.65. The van der Waals surface area contributed by atoms with Crippen LogP contribution in [0.5, 0.6) is 0 Å². The van der Waals surface area contributed by atoms with Gasteiger partial charge in [-0.3, -0.25) is 4.79 Å².